The molecule has 0 bridgehead atoms. The Morgan fingerprint density at radius 3 is 2.43 bits per heavy atom. The van der Waals surface area contributed by atoms with Crippen LogP contribution in [0.3, 0.4) is 0 Å². The summed E-state index contributed by atoms with van der Waals surface area (Å²) in [6.45, 7) is 0.557. The van der Waals surface area contributed by atoms with E-state index in [0.717, 1.165) is 12.8 Å². The van der Waals surface area contributed by atoms with Gasteiger partial charge in [-0.3, -0.25) is 9.59 Å². The van der Waals surface area contributed by atoms with Crippen molar-refractivity contribution in [2.24, 2.45) is 11.8 Å². The highest BCUT2D eigenvalue weighted by Gasteiger charge is 2.42. The molecule has 1 aromatic carbocycles. The molecule has 5 heteroatoms. The van der Waals surface area contributed by atoms with Gasteiger partial charge in [-0.1, -0.05) is 37.1 Å². The minimum Gasteiger partial charge on any atom is -0.480 e. The second-order valence-electron chi connectivity index (χ2n) is 6.05. The average Bonchev–Trinajstić information content (AvgIpc) is 3.01. The van der Waals surface area contributed by atoms with Gasteiger partial charge in [0, 0.05) is 18.9 Å². The molecule has 0 saturated carbocycles. The minimum absolute atomic E-state index is 0.0803. The second-order valence-corrected chi connectivity index (χ2v) is 6.57. The van der Waals surface area contributed by atoms with Gasteiger partial charge in [0.05, 0.1) is 0 Å². The molecule has 1 aromatic rings. The molecule has 4 nitrogen and oxygen atoms in total. The molecule has 3 rings (SSSR count). The zero-order chi connectivity index (χ0) is 15.0. The van der Waals surface area contributed by atoms with Gasteiger partial charge in [0.15, 0.2) is 0 Å². The van der Waals surface area contributed by atoms with Crippen LogP contribution in [0.25, 0.3) is 0 Å². The number of ketones is 1. The normalized spacial score (nSPS) is 26.0. The summed E-state index contributed by atoms with van der Waals surface area (Å²) in [6, 6.07) is 7.51. The van der Waals surface area contributed by atoms with Crippen LogP contribution in [0.5, 0.6) is 0 Å². The number of nitrogens with zero attached hydrogens (tertiary/aromatic N) is 1. The van der Waals surface area contributed by atoms with Gasteiger partial charge >= 0.3 is 5.97 Å². The Labute approximate surface area is 129 Å². The minimum atomic E-state index is -0.949. The van der Waals surface area contributed by atoms with Crippen LogP contribution in [0.15, 0.2) is 24.3 Å². The first kappa shape index (κ1) is 14.6. The number of carbonyl (C=O) groups excluding carboxylic acids is 1. The number of hydrogen-bond acceptors (Lipinski definition) is 4. The van der Waals surface area contributed by atoms with Crippen LogP contribution < -0.4 is 0 Å². The maximum absolute atomic E-state index is 12.5. The number of fused-ring (bicyclic) bond motifs is 1. The van der Waals surface area contributed by atoms with Crippen molar-refractivity contribution in [2.45, 2.75) is 31.7 Å². The van der Waals surface area contributed by atoms with Gasteiger partial charge in [-0.15, -0.1) is 0 Å². The highest BCUT2D eigenvalue weighted by Crippen LogP contribution is 2.33. The first-order valence-corrected chi connectivity index (χ1v) is 7.74. The first-order chi connectivity index (χ1) is 10.1. The number of Topliss-reactive ketones (excluding diaryl/α,β-unsaturated/α-hetero) is 1. The van der Waals surface area contributed by atoms with Crippen molar-refractivity contribution in [1.29, 1.82) is 0 Å². The molecule has 0 aromatic heterocycles. The van der Waals surface area contributed by atoms with Crippen molar-refractivity contribution in [3.05, 3.63) is 35.4 Å². The Morgan fingerprint density at radius 2 is 1.86 bits per heavy atom. The van der Waals surface area contributed by atoms with E-state index in [9.17, 15) is 14.7 Å². The number of carboxylic acid groups (broad SMARTS) is 1. The van der Waals surface area contributed by atoms with Crippen LogP contribution in [-0.4, -0.2) is 33.8 Å². The molecule has 1 aliphatic heterocycles. The second kappa shape index (κ2) is 5.81. The summed E-state index contributed by atoms with van der Waals surface area (Å²) in [5.41, 5.74) is 2.65. The van der Waals surface area contributed by atoms with Gasteiger partial charge in [0.2, 0.25) is 0 Å². The van der Waals surface area contributed by atoms with Gasteiger partial charge in [0.1, 0.15) is 11.8 Å². The average molecular weight is 305 g/mol. The first-order valence-electron chi connectivity index (χ1n) is 7.34. The van der Waals surface area contributed by atoms with Gasteiger partial charge in [-0.2, -0.15) is 0 Å². The van der Waals surface area contributed by atoms with Crippen LogP contribution in [-0.2, 0) is 22.4 Å². The molecule has 112 valence electrons. The molecule has 0 amide bonds. The molecular weight excluding hydrogens is 286 g/mol. The Kier molecular flexibility index (Phi) is 4.04. The van der Waals surface area contributed by atoms with E-state index in [4.69, 9.17) is 0 Å². The summed E-state index contributed by atoms with van der Waals surface area (Å²) >= 11 is 4.17. The zero-order valence-electron chi connectivity index (χ0n) is 11.7. The van der Waals surface area contributed by atoms with E-state index in [1.165, 1.54) is 15.4 Å². The van der Waals surface area contributed by atoms with Crippen molar-refractivity contribution < 1.29 is 14.7 Å². The number of carbonyl (C=O) groups is 2. The number of carboxylic acids is 1. The maximum Gasteiger partial charge on any atom is 0.322 e. The summed E-state index contributed by atoms with van der Waals surface area (Å²) in [6.07, 6.45) is 2.93. The standard InChI is InChI=1S/C16H19NO3S/c18-14(13-5-6-17(21)15(13)16(19)20)9-10-7-11-3-1-2-4-12(11)8-10/h1-4,10,13,15,21H,5-9H2,(H,19,20)/t13?,15-/m0/s1. The summed E-state index contributed by atoms with van der Waals surface area (Å²) in [5.74, 6) is -0.964. The van der Waals surface area contributed by atoms with Gasteiger partial charge in [-0.25, -0.2) is 4.31 Å². The Hall–Kier alpha value is -1.33. The van der Waals surface area contributed by atoms with E-state index >= 15 is 0 Å². The Bertz CT molecular complexity index is 549. The lowest BCUT2D eigenvalue weighted by molar-refractivity contribution is -0.144. The molecule has 0 spiro atoms. The fourth-order valence-electron chi connectivity index (χ4n) is 3.64. The van der Waals surface area contributed by atoms with Gasteiger partial charge in [-0.05, 0) is 36.3 Å². The maximum atomic E-state index is 12.5. The van der Waals surface area contributed by atoms with E-state index < -0.39 is 17.9 Å². The fraction of sp³-hybridized carbons (Fsp3) is 0.500. The lowest BCUT2D eigenvalue weighted by atomic mass is 9.88. The molecule has 2 aliphatic rings. The molecule has 0 radical (unpaired) electrons. The van der Waals surface area contributed by atoms with Crippen molar-refractivity contribution >= 4 is 24.6 Å². The van der Waals surface area contributed by atoms with Gasteiger partial charge < -0.3 is 5.11 Å². The van der Waals surface area contributed by atoms with Crippen molar-refractivity contribution in [2.75, 3.05) is 6.54 Å². The zero-order valence-corrected chi connectivity index (χ0v) is 12.6. The Morgan fingerprint density at radius 1 is 1.24 bits per heavy atom. The van der Waals surface area contributed by atoms with E-state index in [1.54, 1.807) is 0 Å². The molecular formula is C16H19NO3S. The third kappa shape index (κ3) is 2.85. The van der Waals surface area contributed by atoms with Gasteiger partial charge in [0.25, 0.3) is 0 Å². The highest BCUT2D eigenvalue weighted by atomic mass is 32.1. The molecule has 1 heterocycles. The summed E-state index contributed by atoms with van der Waals surface area (Å²) in [7, 11) is 0. The summed E-state index contributed by atoms with van der Waals surface area (Å²) in [4.78, 5) is 23.8. The number of benzene rings is 1. The summed E-state index contributed by atoms with van der Waals surface area (Å²) in [5, 5.41) is 9.26. The van der Waals surface area contributed by atoms with Crippen molar-refractivity contribution in [3.63, 3.8) is 0 Å². The molecule has 1 fully saturated rings. The van der Waals surface area contributed by atoms with E-state index in [1.807, 2.05) is 12.1 Å². The molecule has 1 aliphatic carbocycles. The molecule has 2 atom stereocenters. The van der Waals surface area contributed by atoms with E-state index in [2.05, 4.69) is 24.9 Å². The number of rotatable bonds is 4. The highest BCUT2D eigenvalue weighted by molar-refractivity contribution is 7.77. The molecule has 1 saturated heterocycles. The predicted molar refractivity (Wildman–Crippen MR) is 82.2 cm³/mol. The lowest BCUT2D eigenvalue weighted by Gasteiger charge is -2.20. The number of thiol groups is 1. The van der Waals surface area contributed by atoms with Crippen LogP contribution in [0.4, 0.5) is 0 Å². The molecule has 1 N–H and O–H groups in total. The van der Waals surface area contributed by atoms with Crippen LogP contribution in [0.1, 0.15) is 24.0 Å². The van der Waals surface area contributed by atoms with E-state index in [0.29, 0.717) is 25.3 Å². The number of aliphatic carboxylic acids is 1. The Balaban J connectivity index is 1.64. The molecule has 1 unspecified atom stereocenters. The van der Waals surface area contributed by atoms with E-state index in [-0.39, 0.29) is 5.78 Å². The smallest absolute Gasteiger partial charge is 0.322 e. The van der Waals surface area contributed by atoms with Crippen molar-refractivity contribution in [1.82, 2.24) is 4.31 Å². The molecule has 21 heavy (non-hydrogen) atoms. The third-order valence-electron chi connectivity index (χ3n) is 4.66. The SMILES string of the molecule is O=C(CC1Cc2ccccc2C1)C1CCN(S)[C@@H]1C(=O)O. The van der Waals surface area contributed by atoms with Crippen LogP contribution in [0.2, 0.25) is 0 Å². The largest absolute Gasteiger partial charge is 0.480 e. The van der Waals surface area contributed by atoms with Crippen LogP contribution in [0, 0.1) is 11.8 Å². The number of hydrogen-bond donors (Lipinski definition) is 2. The lowest BCUT2D eigenvalue weighted by Crippen LogP contribution is -2.38. The fourth-order valence-corrected chi connectivity index (χ4v) is 4.02. The quantitative estimate of drug-likeness (QED) is 0.835. The predicted octanol–water partition coefficient (Wildman–Crippen LogP) is 1.98. The summed E-state index contributed by atoms with van der Waals surface area (Å²) < 4.78 is 1.48. The monoisotopic (exact) mass is 305 g/mol. The third-order valence-corrected chi connectivity index (χ3v) is 5.11. The topological polar surface area (TPSA) is 57.6 Å². The van der Waals surface area contributed by atoms with Crippen LogP contribution >= 0.6 is 12.8 Å². The van der Waals surface area contributed by atoms with Crippen molar-refractivity contribution in [3.8, 4) is 0 Å².